The average molecular weight is 247 g/mol. The Morgan fingerprint density at radius 3 is 3.11 bits per heavy atom. The highest BCUT2D eigenvalue weighted by Crippen LogP contribution is 2.22. The molecule has 2 aliphatic rings. The number of amides is 1. The smallest absolute Gasteiger partial charge is 0.407 e. The summed E-state index contributed by atoms with van der Waals surface area (Å²) in [4.78, 5) is 13.3. The first-order valence-corrected chi connectivity index (χ1v) is 6.31. The van der Waals surface area contributed by atoms with E-state index in [1.807, 2.05) is 0 Å². The van der Waals surface area contributed by atoms with Crippen LogP contribution in [0, 0.1) is 0 Å². The number of carbonyl (C=O) groups excluding carboxylic acids is 1. The minimum Gasteiger partial charge on any atom is -0.442 e. The summed E-state index contributed by atoms with van der Waals surface area (Å²) >= 11 is 0. The van der Waals surface area contributed by atoms with Crippen LogP contribution in [0.25, 0.3) is 0 Å². The molecule has 1 fully saturated rings. The maximum absolute atomic E-state index is 11.0. The zero-order valence-electron chi connectivity index (χ0n) is 10.2. The van der Waals surface area contributed by atoms with E-state index in [9.17, 15) is 4.79 Å². The van der Waals surface area contributed by atoms with Gasteiger partial charge < -0.3 is 20.3 Å². The molecule has 0 saturated carbocycles. The molecule has 2 heterocycles. The number of nitrogens with one attached hydrogen (secondary N) is 2. The van der Waals surface area contributed by atoms with Gasteiger partial charge in [0.1, 0.15) is 6.10 Å². The van der Waals surface area contributed by atoms with Crippen molar-refractivity contribution in [2.24, 2.45) is 0 Å². The van der Waals surface area contributed by atoms with Gasteiger partial charge in [0.15, 0.2) is 0 Å². The fraction of sp³-hybridized carbons (Fsp3) is 0.462. The molecule has 1 saturated heterocycles. The molecule has 1 aromatic rings. The van der Waals surface area contributed by atoms with Crippen LogP contribution in [0.5, 0.6) is 0 Å². The summed E-state index contributed by atoms with van der Waals surface area (Å²) in [5.74, 6) is 0. The highest BCUT2D eigenvalue weighted by atomic mass is 16.6. The van der Waals surface area contributed by atoms with E-state index in [1.165, 1.54) is 11.3 Å². The molecule has 3 rings (SSSR count). The Hall–Kier alpha value is -1.75. The molecule has 1 unspecified atom stereocenters. The van der Waals surface area contributed by atoms with E-state index >= 15 is 0 Å². The van der Waals surface area contributed by atoms with Crippen LogP contribution in [0.2, 0.25) is 0 Å². The normalized spacial score (nSPS) is 23.0. The molecular weight excluding hydrogens is 230 g/mol. The summed E-state index contributed by atoms with van der Waals surface area (Å²) < 4.78 is 5.21. The number of nitrogens with zero attached hydrogens (tertiary/aromatic N) is 1. The Balaban J connectivity index is 1.77. The minimum absolute atomic E-state index is 0.0522. The summed E-state index contributed by atoms with van der Waals surface area (Å²) in [7, 11) is 0. The largest absolute Gasteiger partial charge is 0.442 e. The zero-order chi connectivity index (χ0) is 12.4. The minimum atomic E-state index is -0.304. The molecule has 96 valence electrons. The lowest BCUT2D eigenvalue weighted by atomic mass is 10.1. The lowest BCUT2D eigenvalue weighted by Crippen LogP contribution is -2.37. The average Bonchev–Trinajstić information content (AvgIpc) is 2.68. The van der Waals surface area contributed by atoms with Crippen molar-refractivity contribution < 1.29 is 9.53 Å². The highest BCUT2D eigenvalue weighted by molar-refractivity contribution is 5.69. The van der Waals surface area contributed by atoms with Gasteiger partial charge in [-0.05, 0) is 11.6 Å². The van der Waals surface area contributed by atoms with Gasteiger partial charge in [0.05, 0.1) is 13.1 Å². The van der Waals surface area contributed by atoms with Gasteiger partial charge in [-0.1, -0.05) is 18.2 Å². The van der Waals surface area contributed by atoms with Crippen LogP contribution in [0.3, 0.4) is 0 Å². The molecule has 5 nitrogen and oxygen atoms in total. The van der Waals surface area contributed by atoms with E-state index in [0.29, 0.717) is 6.54 Å². The van der Waals surface area contributed by atoms with Crippen LogP contribution in [0.4, 0.5) is 10.5 Å². The highest BCUT2D eigenvalue weighted by Gasteiger charge is 2.26. The number of fused-ring (bicyclic) bond motifs is 1. The maximum Gasteiger partial charge on any atom is 0.407 e. The van der Waals surface area contributed by atoms with Crippen LogP contribution >= 0.6 is 0 Å². The Bertz CT molecular complexity index is 450. The molecule has 0 spiro atoms. The number of hydrogen-bond donors (Lipinski definition) is 2. The molecule has 0 aliphatic carbocycles. The second kappa shape index (κ2) is 4.86. The predicted molar refractivity (Wildman–Crippen MR) is 68.6 cm³/mol. The van der Waals surface area contributed by atoms with Crippen molar-refractivity contribution in [2.45, 2.75) is 12.6 Å². The quantitative estimate of drug-likeness (QED) is 0.808. The number of alkyl carbamates (subject to hydrolysis) is 1. The molecule has 2 N–H and O–H groups in total. The SMILES string of the molecule is O=C1NCC(CN2CCNCc3ccccc32)O1. The first kappa shape index (κ1) is 11.3. The third-order valence-corrected chi connectivity index (χ3v) is 3.38. The van der Waals surface area contributed by atoms with Crippen LogP contribution in [0.1, 0.15) is 5.56 Å². The lowest BCUT2D eigenvalue weighted by Gasteiger charge is -2.26. The topological polar surface area (TPSA) is 53.6 Å². The van der Waals surface area contributed by atoms with E-state index in [-0.39, 0.29) is 12.2 Å². The molecular formula is C13H17N3O2. The van der Waals surface area contributed by atoms with Gasteiger partial charge >= 0.3 is 6.09 Å². The van der Waals surface area contributed by atoms with Gasteiger partial charge in [0.25, 0.3) is 0 Å². The predicted octanol–water partition coefficient (Wildman–Crippen LogP) is 0.705. The van der Waals surface area contributed by atoms with Crippen molar-refractivity contribution in [3.8, 4) is 0 Å². The fourth-order valence-corrected chi connectivity index (χ4v) is 2.50. The monoisotopic (exact) mass is 247 g/mol. The first-order valence-electron chi connectivity index (χ1n) is 6.31. The zero-order valence-corrected chi connectivity index (χ0v) is 10.2. The van der Waals surface area contributed by atoms with E-state index in [2.05, 4.69) is 39.8 Å². The Morgan fingerprint density at radius 2 is 2.28 bits per heavy atom. The second-order valence-electron chi connectivity index (χ2n) is 4.66. The Kier molecular flexibility index (Phi) is 3.06. The van der Waals surface area contributed by atoms with Gasteiger partial charge in [-0.25, -0.2) is 4.79 Å². The molecule has 2 aliphatic heterocycles. The van der Waals surface area contributed by atoms with Crippen molar-refractivity contribution in [1.29, 1.82) is 0 Å². The van der Waals surface area contributed by atoms with Crippen LogP contribution in [-0.2, 0) is 11.3 Å². The number of ether oxygens (including phenoxy) is 1. The maximum atomic E-state index is 11.0. The third-order valence-electron chi connectivity index (χ3n) is 3.38. The number of rotatable bonds is 2. The van der Waals surface area contributed by atoms with Gasteiger partial charge in [-0.2, -0.15) is 0 Å². The number of cyclic esters (lactones) is 1. The number of anilines is 1. The lowest BCUT2D eigenvalue weighted by molar-refractivity contribution is 0.142. The Morgan fingerprint density at radius 1 is 1.39 bits per heavy atom. The van der Waals surface area contributed by atoms with Crippen molar-refractivity contribution in [2.75, 3.05) is 31.1 Å². The number of hydrogen-bond acceptors (Lipinski definition) is 4. The van der Waals surface area contributed by atoms with Gasteiger partial charge in [0.2, 0.25) is 0 Å². The van der Waals surface area contributed by atoms with Crippen molar-refractivity contribution in [3.05, 3.63) is 29.8 Å². The van der Waals surface area contributed by atoms with Crippen molar-refractivity contribution in [1.82, 2.24) is 10.6 Å². The molecule has 1 atom stereocenters. The number of para-hydroxylation sites is 1. The van der Waals surface area contributed by atoms with Gasteiger partial charge in [-0.15, -0.1) is 0 Å². The van der Waals surface area contributed by atoms with E-state index in [1.54, 1.807) is 0 Å². The third kappa shape index (κ3) is 2.26. The molecule has 0 aromatic heterocycles. The fourth-order valence-electron chi connectivity index (χ4n) is 2.50. The number of carbonyl (C=O) groups is 1. The van der Waals surface area contributed by atoms with Gasteiger partial charge in [0, 0.05) is 25.3 Å². The first-order chi connectivity index (χ1) is 8.83. The van der Waals surface area contributed by atoms with E-state index in [4.69, 9.17) is 4.74 Å². The van der Waals surface area contributed by atoms with Crippen LogP contribution in [0.15, 0.2) is 24.3 Å². The summed E-state index contributed by atoms with van der Waals surface area (Å²) in [5, 5.41) is 6.10. The van der Waals surface area contributed by atoms with Crippen molar-refractivity contribution >= 4 is 11.8 Å². The summed E-state index contributed by atoms with van der Waals surface area (Å²) in [5.41, 5.74) is 2.54. The molecule has 1 aromatic carbocycles. The van der Waals surface area contributed by atoms with Crippen molar-refractivity contribution in [3.63, 3.8) is 0 Å². The standard InChI is InChI=1S/C13H17N3O2/c17-13-15-8-11(18-13)9-16-6-5-14-7-10-3-1-2-4-12(10)16/h1-4,11,14H,5-9H2,(H,15,17). The molecule has 1 amide bonds. The molecule has 0 radical (unpaired) electrons. The second-order valence-corrected chi connectivity index (χ2v) is 4.66. The summed E-state index contributed by atoms with van der Waals surface area (Å²) in [6.45, 7) is 4.13. The molecule has 5 heteroatoms. The van der Waals surface area contributed by atoms with E-state index < -0.39 is 0 Å². The molecule has 0 bridgehead atoms. The van der Waals surface area contributed by atoms with Gasteiger partial charge in [-0.3, -0.25) is 0 Å². The molecule has 18 heavy (non-hydrogen) atoms. The summed E-state index contributed by atoms with van der Waals surface area (Å²) in [6, 6.07) is 8.38. The number of benzene rings is 1. The van der Waals surface area contributed by atoms with Crippen LogP contribution in [-0.4, -0.2) is 38.4 Å². The van der Waals surface area contributed by atoms with Crippen LogP contribution < -0.4 is 15.5 Å². The Labute approximate surface area is 106 Å². The summed E-state index contributed by atoms with van der Waals surface area (Å²) in [6.07, 6.45) is -0.357. The van der Waals surface area contributed by atoms with E-state index in [0.717, 1.165) is 26.2 Å².